The quantitative estimate of drug-likeness (QED) is 0.764. The molecule has 1 aromatic carbocycles. The maximum atomic E-state index is 9.33. The summed E-state index contributed by atoms with van der Waals surface area (Å²) in [5.41, 5.74) is 0.976. The molecule has 122 valence electrons. The summed E-state index contributed by atoms with van der Waals surface area (Å²) in [6, 6.07) is 6.10. The number of nitrogens with zero attached hydrogens (tertiary/aromatic N) is 1. The fourth-order valence-corrected chi connectivity index (χ4v) is 4.46. The predicted molar refractivity (Wildman–Crippen MR) is 94.6 cm³/mol. The number of hydrogen-bond acceptors (Lipinski definition) is 5. The summed E-state index contributed by atoms with van der Waals surface area (Å²) in [5.74, 6) is 1.67. The minimum atomic E-state index is 0.103. The molecular weight excluding hydrogens is 314 g/mol. The first-order chi connectivity index (χ1) is 10.8. The van der Waals surface area contributed by atoms with Crippen LogP contribution in [-0.4, -0.2) is 40.6 Å². The Hall–Kier alpha value is -0.360. The molecule has 1 saturated heterocycles. The van der Waals surface area contributed by atoms with E-state index in [4.69, 9.17) is 4.74 Å². The minimum absolute atomic E-state index is 0.103. The second kappa shape index (κ2) is 7.95. The average molecular weight is 340 g/mol. The van der Waals surface area contributed by atoms with Crippen LogP contribution in [0.1, 0.15) is 31.2 Å². The molecule has 1 aromatic rings. The smallest absolute Gasteiger partial charge is 0.132 e. The summed E-state index contributed by atoms with van der Waals surface area (Å²) in [4.78, 5) is 1.20. The van der Waals surface area contributed by atoms with Crippen LogP contribution in [-0.2, 0) is 6.61 Å². The highest BCUT2D eigenvalue weighted by molar-refractivity contribution is 8.00. The number of aliphatic hydroxyl groups excluding tert-OH is 1. The molecule has 2 aliphatic rings. The van der Waals surface area contributed by atoms with Crippen LogP contribution < -0.4 is 4.74 Å². The van der Waals surface area contributed by atoms with E-state index in [9.17, 15) is 5.11 Å². The van der Waals surface area contributed by atoms with Crippen molar-refractivity contribution in [2.45, 2.75) is 42.4 Å². The Morgan fingerprint density at radius 1 is 1.23 bits per heavy atom. The van der Waals surface area contributed by atoms with Crippen LogP contribution in [0.3, 0.4) is 0 Å². The molecule has 0 bridgehead atoms. The van der Waals surface area contributed by atoms with Crippen LogP contribution in [0.15, 0.2) is 23.1 Å². The third-order valence-corrected chi connectivity index (χ3v) is 6.57. The number of ether oxygens (including phenoxy) is 1. The van der Waals surface area contributed by atoms with E-state index < -0.39 is 0 Å². The van der Waals surface area contributed by atoms with Gasteiger partial charge >= 0.3 is 0 Å². The van der Waals surface area contributed by atoms with Gasteiger partial charge in [0.25, 0.3) is 0 Å². The zero-order valence-electron chi connectivity index (χ0n) is 13.2. The fraction of sp³-hybridized carbons (Fsp3) is 0.647. The van der Waals surface area contributed by atoms with Crippen molar-refractivity contribution in [3.05, 3.63) is 23.8 Å². The number of aliphatic hydroxyl groups is 1. The zero-order valence-corrected chi connectivity index (χ0v) is 14.8. The van der Waals surface area contributed by atoms with Crippen LogP contribution in [0.2, 0.25) is 0 Å². The van der Waals surface area contributed by atoms with Crippen LogP contribution >= 0.6 is 23.7 Å². The van der Waals surface area contributed by atoms with Gasteiger partial charge in [-0.15, -0.1) is 11.8 Å². The Balaban J connectivity index is 1.57. The highest BCUT2D eigenvalue weighted by atomic mass is 32.2. The first kappa shape index (κ1) is 16.5. The lowest BCUT2D eigenvalue weighted by Crippen LogP contribution is -2.30. The lowest BCUT2D eigenvalue weighted by atomic mass is 9.99. The van der Waals surface area contributed by atoms with E-state index in [2.05, 4.69) is 16.6 Å². The van der Waals surface area contributed by atoms with E-state index in [0.717, 1.165) is 23.2 Å². The Labute approximate surface area is 141 Å². The van der Waals surface area contributed by atoms with Gasteiger partial charge in [-0.25, -0.2) is 0 Å². The third-order valence-electron chi connectivity index (χ3n) is 4.31. The Bertz CT molecular complexity index is 486. The van der Waals surface area contributed by atoms with Crippen molar-refractivity contribution >= 4 is 23.7 Å². The molecule has 1 saturated carbocycles. The molecule has 0 atom stereocenters. The average Bonchev–Trinajstić information content (AvgIpc) is 3.38. The molecule has 2 fully saturated rings. The van der Waals surface area contributed by atoms with Crippen molar-refractivity contribution in [1.82, 2.24) is 4.31 Å². The molecule has 1 aliphatic heterocycles. The first-order valence-electron chi connectivity index (χ1n) is 8.10. The van der Waals surface area contributed by atoms with Gasteiger partial charge < -0.3 is 9.84 Å². The SMILES string of the molecule is CSN1CCC(COc2ccc(CO)cc2SC2CC2)CC1. The molecule has 22 heavy (non-hydrogen) atoms. The van der Waals surface area contributed by atoms with E-state index in [1.807, 2.05) is 35.8 Å². The molecular formula is C17H25NO2S2. The predicted octanol–water partition coefficient (Wildman–Crippen LogP) is 3.80. The molecule has 3 nitrogen and oxygen atoms in total. The van der Waals surface area contributed by atoms with Crippen LogP contribution in [0.4, 0.5) is 0 Å². The normalized spacial score (nSPS) is 20.3. The Morgan fingerprint density at radius 2 is 2.00 bits per heavy atom. The molecule has 0 unspecified atom stereocenters. The lowest BCUT2D eigenvalue weighted by molar-refractivity contribution is 0.188. The first-order valence-corrected chi connectivity index (χ1v) is 10.2. The van der Waals surface area contributed by atoms with Gasteiger partial charge in [-0.1, -0.05) is 18.0 Å². The van der Waals surface area contributed by atoms with Gasteiger partial charge in [-0.3, -0.25) is 4.31 Å². The molecule has 1 aliphatic carbocycles. The summed E-state index contributed by atoms with van der Waals surface area (Å²) < 4.78 is 8.58. The van der Waals surface area contributed by atoms with Crippen molar-refractivity contribution < 1.29 is 9.84 Å². The van der Waals surface area contributed by atoms with Crippen LogP contribution in [0.25, 0.3) is 0 Å². The van der Waals surface area contributed by atoms with Gasteiger partial charge in [0.2, 0.25) is 0 Å². The van der Waals surface area contributed by atoms with E-state index in [1.54, 1.807) is 0 Å². The standard InChI is InChI=1S/C17H25NO2S2/c1-21-18-8-6-13(7-9-18)12-20-16-5-2-14(11-19)10-17(16)22-15-3-4-15/h2,5,10,13,15,19H,3-4,6-9,11-12H2,1H3. The van der Waals surface area contributed by atoms with Crippen molar-refractivity contribution in [2.75, 3.05) is 26.0 Å². The van der Waals surface area contributed by atoms with Crippen molar-refractivity contribution in [1.29, 1.82) is 0 Å². The van der Waals surface area contributed by atoms with E-state index in [-0.39, 0.29) is 6.61 Å². The lowest BCUT2D eigenvalue weighted by Gasteiger charge is -2.30. The molecule has 1 N–H and O–H groups in total. The summed E-state index contributed by atoms with van der Waals surface area (Å²) in [6.45, 7) is 3.26. The van der Waals surface area contributed by atoms with Gasteiger partial charge in [0.1, 0.15) is 5.75 Å². The van der Waals surface area contributed by atoms with E-state index >= 15 is 0 Å². The number of thioether (sulfide) groups is 1. The second-order valence-corrected chi connectivity index (χ2v) is 8.35. The largest absolute Gasteiger partial charge is 0.492 e. The molecule has 1 heterocycles. The summed E-state index contributed by atoms with van der Waals surface area (Å²) in [6.07, 6.45) is 7.21. The van der Waals surface area contributed by atoms with Gasteiger partial charge in [-0.05, 0) is 55.6 Å². The molecule has 0 aromatic heterocycles. The van der Waals surface area contributed by atoms with Crippen LogP contribution in [0, 0.1) is 5.92 Å². The van der Waals surface area contributed by atoms with Crippen molar-refractivity contribution in [3.63, 3.8) is 0 Å². The fourth-order valence-electron chi connectivity index (χ4n) is 2.69. The number of hydrogen-bond donors (Lipinski definition) is 1. The monoisotopic (exact) mass is 339 g/mol. The van der Waals surface area contributed by atoms with Gasteiger partial charge in [-0.2, -0.15) is 0 Å². The molecule has 0 radical (unpaired) electrons. The van der Waals surface area contributed by atoms with Gasteiger partial charge in [0.15, 0.2) is 0 Å². The highest BCUT2D eigenvalue weighted by Gasteiger charge is 2.25. The second-order valence-electron chi connectivity index (χ2n) is 6.12. The minimum Gasteiger partial charge on any atom is -0.492 e. The number of benzene rings is 1. The molecule has 5 heteroatoms. The van der Waals surface area contributed by atoms with Crippen molar-refractivity contribution in [3.8, 4) is 5.75 Å². The van der Waals surface area contributed by atoms with Gasteiger partial charge in [0, 0.05) is 23.2 Å². The van der Waals surface area contributed by atoms with Gasteiger partial charge in [0.05, 0.1) is 13.2 Å². The highest BCUT2D eigenvalue weighted by Crippen LogP contribution is 2.43. The molecule has 3 rings (SSSR count). The Morgan fingerprint density at radius 3 is 2.64 bits per heavy atom. The maximum Gasteiger partial charge on any atom is 0.132 e. The summed E-state index contributed by atoms with van der Waals surface area (Å²) >= 11 is 3.76. The summed E-state index contributed by atoms with van der Waals surface area (Å²) in [7, 11) is 0. The number of rotatable bonds is 7. The molecule has 0 spiro atoms. The van der Waals surface area contributed by atoms with E-state index in [0.29, 0.717) is 5.92 Å². The topological polar surface area (TPSA) is 32.7 Å². The van der Waals surface area contributed by atoms with Crippen molar-refractivity contribution in [2.24, 2.45) is 5.92 Å². The molecule has 0 amide bonds. The Kier molecular flexibility index (Phi) is 5.96. The third kappa shape index (κ3) is 4.57. The van der Waals surface area contributed by atoms with E-state index in [1.165, 1.54) is 43.7 Å². The summed E-state index contributed by atoms with van der Waals surface area (Å²) in [5, 5.41) is 10.1. The van der Waals surface area contributed by atoms with Crippen LogP contribution in [0.5, 0.6) is 5.75 Å². The zero-order chi connectivity index (χ0) is 15.4. The maximum absolute atomic E-state index is 9.33. The number of piperidine rings is 1.